The molecule has 110 valence electrons. The van der Waals surface area contributed by atoms with Gasteiger partial charge in [-0.05, 0) is 33.8 Å². The van der Waals surface area contributed by atoms with Crippen LogP contribution >= 0.6 is 0 Å². The minimum atomic E-state index is -0.229. The van der Waals surface area contributed by atoms with Crippen LogP contribution in [0.25, 0.3) is 0 Å². The number of furan rings is 1. The van der Waals surface area contributed by atoms with Crippen molar-refractivity contribution < 1.29 is 9.15 Å². The maximum atomic E-state index is 5.78. The third kappa shape index (κ3) is 2.44. The smallest absolute Gasteiger partial charge is 0.161 e. The van der Waals surface area contributed by atoms with Crippen molar-refractivity contribution in [1.29, 1.82) is 0 Å². The van der Waals surface area contributed by atoms with Crippen LogP contribution in [0.2, 0.25) is 0 Å². The molecular weight excluding hydrogens is 256 g/mol. The normalized spacial score (nSPS) is 12.9. The highest BCUT2D eigenvalue weighted by atomic mass is 16.5. The summed E-state index contributed by atoms with van der Waals surface area (Å²) in [6, 6.07) is 1.96. The fourth-order valence-corrected chi connectivity index (χ4v) is 2.45. The maximum absolute atomic E-state index is 5.78. The Hall–Kier alpha value is -1.79. The Morgan fingerprint density at radius 2 is 2.10 bits per heavy atom. The number of ether oxygens (including phenoxy) is 1. The number of rotatable bonds is 5. The van der Waals surface area contributed by atoms with Crippen molar-refractivity contribution in [2.75, 3.05) is 7.11 Å². The minimum absolute atomic E-state index is 0.207. The molecule has 0 bridgehead atoms. The molecule has 2 heterocycles. The van der Waals surface area contributed by atoms with Crippen LogP contribution in [-0.2, 0) is 0 Å². The first kappa shape index (κ1) is 14.6. The summed E-state index contributed by atoms with van der Waals surface area (Å²) in [4.78, 5) is 0. The number of methoxy groups -OCH3 is 1. The van der Waals surface area contributed by atoms with Gasteiger partial charge >= 0.3 is 0 Å². The Bertz CT molecular complexity index is 586. The summed E-state index contributed by atoms with van der Waals surface area (Å²) < 4.78 is 12.9. The molecule has 0 aliphatic rings. The number of hydrazine groups is 1. The van der Waals surface area contributed by atoms with Crippen LogP contribution in [0.5, 0.6) is 5.75 Å². The predicted molar refractivity (Wildman–Crippen MR) is 76.5 cm³/mol. The fourth-order valence-electron chi connectivity index (χ4n) is 2.45. The molecule has 0 aliphatic heterocycles. The van der Waals surface area contributed by atoms with Gasteiger partial charge < -0.3 is 9.15 Å². The summed E-state index contributed by atoms with van der Waals surface area (Å²) in [5.74, 6) is 8.18. The van der Waals surface area contributed by atoms with E-state index in [9.17, 15) is 0 Å². The summed E-state index contributed by atoms with van der Waals surface area (Å²) in [5, 5.41) is 4.38. The first-order valence-corrected chi connectivity index (χ1v) is 6.64. The summed E-state index contributed by atoms with van der Waals surface area (Å²) in [6.07, 6.45) is 1.71. The summed E-state index contributed by atoms with van der Waals surface area (Å²) in [6.45, 7) is 7.98. The van der Waals surface area contributed by atoms with Gasteiger partial charge in [-0.2, -0.15) is 5.10 Å². The number of nitrogens with one attached hydrogen (secondary N) is 1. The monoisotopic (exact) mass is 278 g/mol. The minimum Gasteiger partial charge on any atom is -0.493 e. The predicted octanol–water partition coefficient (Wildman–Crippen LogP) is 2.24. The molecular formula is C14H22N4O2. The van der Waals surface area contributed by atoms with Gasteiger partial charge in [-0.3, -0.25) is 10.5 Å². The highest BCUT2D eigenvalue weighted by molar-refractivity contribution is 5.38. The molecule has 0 aromatic carbocycles. The van der Waals surface area contributed by atoms with Crippen molar-refractivity contribution in [3.8, 4) is 5.75 Å². The molecule has 1 atom stereocenters. The van der Waals surface area contributed by atoms with Crippen LogP contribution in [0.1, 0.15) is 48.7 Å². The third-order valence-corrected chi connectivity index (χ3v) is 3.34. The van der Waals surface area contributed by atoms with E-state index in [1.54, 1.807) is 13.3 Å². The van der Waals surface area contributed by atoms with E-state index in [4.69, 9.17) is 15.0 Å². The fraction of sp³-hybridized carbons (Fsp3) is 0.500. The van der Waals surface area contributed by atoms with Gasteiger partial charge in [0.25, 0.3) is 0 Å². The Morgan fingerprint density at radius 1 is 1.40 bits per heavy atom. The molecule has 6 nitrogen and oxygen atoms in total. The Morgan fingerprint density at radius 3 is 2.55 bits per heavy atom. The first-order chi connectivity index (χ1) is 9.49. The van der Waals surface area contributed by atoms with E-state index in [-0.39, 0.29) is 12.1 Å². The molecule has 0 amide bonds. The lowest BCUT2D eigenvalue weighted by Gasteiger charge is -2.20. The van der Waals surface area contributed by atoms with Crippen molar-refractivity contribution >= 4 is 0 Å². The van der Waals surface area contributed by atoms with Gasteiger partial charge in [0, 0.05) is 11.6 Å². The third-order valence-electron chi connectivity index (χ3n) is 3.34. The standard InChI is InChI=1S/C14H22N4O2/c1-8(2)18-14(12(19-5)7-16-18)13(17-15)11-6-9(3)20-10(11)4/h6-8,13,17H,15H2,1-5H3. The van der Waals surface area contributed by atoms with Crippen LogP contribution in [0.3, 0.4) is 0 Å². The van der Waals surface area contributed by atoms with Crippen LogP contribution in [0, 0.1) is 13.8 Å². The first-order valence-electron chi connectivity index (χ1n) is 6.64. The van der Waals surface area contributed by atoms with Crippen molar-refractivity contribution in [3.05, 3.63) is 35.0 Å². The number of aromatic nitrogens is 2. The molecule has 0 spiro atoms. The van der Waals surface area contributed by atoms with E-state index >= 15 is 0 Å². The van der Waals surface area contributed by atoms with Crippen molar-refractivity contribution in [1.82, 2.24) is 15.2 Å². The second-order valence-corrected chi connectivity index (χ2v) is 5.10. The SMILES string of the molecule is COc1cnn(C(C)C)c1C(NN)c1cc(C)oc1C. The zero-order valence-electron chi connectivity index (χ0n) is 12.6. The van der Waals surface area contributed by atoms with Gasteiger partial charge in [-0.25, -0.2) is 5.43 Å². The highest BCUT2D eigenvalue weighted by Crippen LogP contribution is 2.33. The van der Waals surface area contributed by atoms with E-state index in [1.165, 1.54) is 0 Å². The quantitative estimate of drug-likeness (QED) is 0.648. The summed E-state index contributed by atoms with van der Waals surface area (Å²) in [7, 11) is 1.63. The van der Waals surface area contributed by atoms with Gasteiger partial charge in [0.15, 0.2) is 5.75 Å². The maximum Gasteiger partial charge on any atom is 0.161 e. The summed E-state index contributed by atoms with van der Waals surface area (Å²) >= 11 is 0. The molecule has 0 saturated carbocycles. The Labute approximate surface area is 118 Å². The number of hydrogen-bond acceptors (Lipinski definition) is 5. The molecule has 2 aromatic heterocycles. The zero-order chi connectivity index (χ0) is 14.9. The lowest BCUT2D eigenvalue weighted by atomic mass is 10.0. The molecule has 0 radical (unpaired) electrons. The molecule has 1 unspecified atom stereocenters. The van der Waals surface area contributed by atoms with E-state index in [2.05, 4.69) is 24.4 Å². The molecule has 20 heavy (non-hydrogen) atoms. The number of nitrogens with two attached hydrogens (primary N) is 1. The molecule has 6 heteroatoms. The average molecular weight is 278 g/mol. The van der Waals surface area contributed by atoms with Gasteiger partial charge in [0.2, 0.25) is 0 Å². The van der Waals surface area contributed by atoms with Gasteiger partial charge in [0.1, 0.15) is 17.2 Å². The molecule has 2 rings (SSSR count). The number of aryl methyl sites for hydroxylation is 2. The van der Waals surface area contributed by atoms with Gasteiger partial charge in [-0.15, -0.1) is 0 Å². The van der Waals surface area contributed by atoms with E-state index in [1.807, 2.05) is 24.6 Å². The van der Waals surface area contributed by atoms with Crippen molar-refractivity contribution in [2.45, 2.75) is 39.8 Å². The largest absolute Gasteiger partial charge is 0.493 e. The number of nitrogens with zero attached hydrogens (tertiary/aromatic N) is 2. The average Bonchev–Trinajstić information content (AvgIpc) is 2.95. The second-order valence-electron chi connectivity index (χ2n) is 5.10. The second kappa shape index (κ2) is 5.68. The van der Waals surface area contributed by atoms with Crippen molar-refractivity contribution in [3.63, 3.8) is 0 Å². The van der Waals surface area contributed by atoms with Crippen molar-refractivity contribution in [2.24, 2.45) is 5.84 Å². The van der Waals surface area contributed by atoms with Gasteiger partial charge in [-0.1, -0.05) is 0 Å². The summed E-state index contributed by atoms with van der Waals surface area (Å²) in [5.41, 5.74) is 4.73. The lowest BCUT2D eigenvalue weighted by Crippen LogP contribution is -2.31. The van der Waals surface area contributed by atoms with E-state index in [0.717, 1.165) is 22.8 Å². The zero-order valence-corrected chi connectivity index (χ0v) is 12.6. The molecule has 0 saturated heterocycles. The lowest BCUT2D eigenvalue weighted by molar-refractivity contribution is 0.393. The molecule has 0 fully saturated rings. The molecule has 3 N–H and O–H groups in total. The topological polar surface area (TPSA) is 78.2 Å². The Balaban J connectivity index is 2.56. The Kier molecular flexibility index (Phi) is 4.15. The van der Waals surface area contributed by atoms with Gasteiger partial charge in [0.05, 0.1) is 19.3 Å². The van der Waals surface area contributed by atoms with E-state index < -0.39 is 0 Å². The van der Waals surface area contributed by atoms with Crippen LogP contribution < -0.4 is 16.0 Å². The van der Waals surface area contributed by atoms with E-state index in [0.29, 0.717) is 5.75 Å². The molecule has 0 aliphatic carbocycles. The molecule has 2 aromatic rings. The highest BCUT2D eigenvalue weighted by Gasteiger charge is 2.26. The van der Waals surface area contributed by atoms with Crippen LogP contribution in [0.15, 0.2) is 16.7 Å². The van der Waals surface area contributed by atoms with Crippen LogP contribution in [0.4, 0.5) is 0 Å². The van der Waals surface area contributed by atoms with Crippen LogP contribution in [-0.4, -0.2) is 16.9 Å². The number of hydrogen-bond donors (Lipinski definition) is 2.